The molecule has 1 rings (SSSR count). The maximum absolute atomic E-state index is 12.7. The summed E-state index contributed by atoms with van der Waals surface area (Å²) in [4.78, 5) is 0. The molecule has 1 nitrogen and oxygen atoms in total. The molecule has 14 heavy (non-hydrogen) atoms. The SMILES string of the molecule is C[C@H](CN)C(C)(C)c1ccc(F)cc1. The fourth-order valence-corrected chi connectivity index (χ4v) is 1.46. The maximum Gasteiger partial charge on any atom is 0.123 e. The van der Waals surface area contributed by atoms with Gasteiger partial charge in [0, 0.05) is 0 Å². The van der Waals surface area contributed by atoms with Crippen molar-refractivity contribution < 1.29 is 4.39 Å². The Morgan fingerprint density at radius 1 is 1.29 bits per heavy atom. The van der Waals surface area contributed by atoms with Crippen molar-refractivity contribution in [3.05, 3.63) is 35.6 Å². The first-order chi connectivity index (χ1) is 6.48. The Kier molecular flexibility index (Phi) is 3.27. The summed E-state index contributed by atoms with van der Waals surface area (Å²) in [6.45, 7) is 7.03. The van der Waals surface area contributed by atoms with Crippen LogP contribution in [0.25, 0.3) is 0 Å². The molecule has 0 unspecified atom stereocenters. The van der Waals surface area contributed by atoms with Crippen LogP contribution < -0.4 is 5.73 Å². The summed E-state index contributed by atoms with van der Waals surface area (Å²) in [6.07, 6.45) is 0. The number of rotatable bonds is 3. The summed E-state index contributed by atoms with van der Waals surface area (Å²) in [5.74, 6) is 0.193. The minimum Gasteiger partial charge on any atom is -0.330 e. The number of hydrogen-bond donors (Lipinski definition) is 1. The average molecular weight is 195 g/mol. The van der Waals surface area contributed by atoms with Crippen LogP contribution in [0.3, 0.4) is 0 Å². The molecular formula is C12H18FN. The van der Waals surface area contributed by atoms with Gasteiger partial charge in [0.25, 0.3) is 0 Å². The van der Waals surface area contributed by atoms with E-state index >= 15 is 0 Å². The first-order valence-corrected chi connectivity index (χ1v) is 4.94. The molecule has 0 fully saturated rings. The molecule has 2 N–H and O–H groups in total. The van der Waals surface area contributed by atoms with Crippen LogP contribution in [0.15, 0.2) is 24.3 Å². The average Bonchev–Trinajstić information content (AvgIpc) is 2.17. The smallest absolute Gasteiger partial charge is 0.123 e. The fraction of sp³-hybridized carbons (Fsp3) is 0.500. The van der Waals surface area contributed by atoms with E-state index in [9.17, 15) is 4.39 Å². The lowest BCUT2D eigenvalue weighted by Gasteiger charge is -2.31. The molecule has 78 valence electrons. The third-order valence-corrected chi connectivity index (χ3v) is 3.17. The number of nitrogens with two attached hydrogens (primary N) is 1. The zero-order valence-corrected chi connectivity index (χ0v) is 9.05. The minimum absolute atomic E-state index is 0.00243. The first-order valence-electron chi connectivity index (χ1n) is 4.94. The van der Waals surface area contributed by atoms with E-state index in [0.717, 1.165) is 5.56 Å². The van der Waals surface area contributed by atoms with Crippen LogP contribution in [0.1, 0.15) is 26.3 Å². The maximum atomic E-state index is 12.7. The Morgan fingerprint density at radius 2 is 1.79 bits per heavy atom. The van der Waals surface area contributed by atoms with Crippen molar-refractivity contribution in [1.82, 2.24) is 0 Å². The lowest BCUT2D eigenvalue weighted by atomic mass is 9.74. The molecule has 0 amide bonds. The molecule has 0 spiro atoms. The minimum atomic E-state index is -0.190. The lowest BCUT2D eigenvalue weighted by molar-refractivity contribution is 0.352. The van der Waals surface area contributed by atoms with Crippen molar-refractivity contribution >= 4 is 0 Å². The summed E-state index contributed by atoms with van der Waals surface area (Å²) in [7, 11) is 0. The van der Waals surface area contributed by atoms with Crippen molar-refractivity contribution in [2.24, 2.45) is 11.7 Å². The van der Waals surface area contributed by atoms with Crippen LogP contribution >= 0.6 is 0 Å². The van der Waals surface area contributed by atoms with Gasteiger partial charge < -0.3 is 5.73 Å². The molecule has 0 bridgehead atoms. The molecule has 0 aromatic heterocycles. The largest absolute Gasteiger partial charge is 0.330 e. The monoisotopic (exact) mass is 195 g/mol. The van der Waals surface area contributed by atoms with Crippen LogP contribution in [0, 0.1) is 11.7 Å². The number of benzene rings is 1. The summed E-state index contributed by atoms with van der Waals surface area (Å²) in [6, 6.07) is 6.67. The highest BCUT2D eigenvalue weighted by Gasteiger charge is 2.26. The third-order valence-electron chi connectivity index (χ3n) is 3.17. The van der Waals surface area contributed by atoms with E-state index < -0.39 is 0 Å². The van der Waals surface area contributed by atoms with Crippen LogP contribution in [-0.4, -0.2) is 6.54 Å². The van der Waals surface area contributed by atoms with E-state index in [1.807, 2.05) is 12.1 Å². The van der Waals surface area contributed by atoms with E-state index in [0.29, 0.717) is 12.5 Å². The molecule has 0 saturated carbocycles. The Hall–Kier alpha value is -0.890. The molecule has 1 atom stereocenters. The van der Waals surface area contributed by atoms with E-state index in [1.54, 1.807) is 0 Å². The van der Waals surface area contributed by atoms with Gasteiger partial charge in [0.2, 0.25) is 0 Å². The lowest BCUT2D eigenvalue weighted by Crippen LogP contribution is -2.32. The van der Waals surface area contributed by atoms with Gasteiger partial charge in [-0.25, -0.2) is 4.39 Å². The van der Waals surface area contributed by atoms with Crippen LogP contribution in [0.2, 0.25) is 0 Å². The molecule has 0 aliphatic carbocycles. The zero-order valence-electron chi connectivity index (χ0n) is 9.05. The Balaban J connectivity index is 2.97. The van der Waals surface area contributed by atoms with Crippen molar-refractivity contribution in [3.63, 3.8) is 0 Å². The highest BCUT2D eigenvalue weighted by Crippen LogP contribution is 2.30. The van der Waals surface area contributed by atoms with Crippen molar-refractivity contribution in [2.75, 3.05) is 6.54 Å². The van der Waals surface area contributed by atoms with Crippen molar-refractivity contribution in [3.8, 4) is 0 Å². The standard InChI is InChI=1S/C12H18FN/c1-9(8-14)12(2,3)10-4-6-11(13)7-5-10/h4-7,9H,8,14H2,1-3H3/t9-/m1/s1. The van der Waals surface area contributed by atoms with Gasteiger partial charge in [-0.05, 0) is 35.6 Å². The van der Waals surface area contributed by atoms with E-state index in [4.69, 9.17) is 5.73 Å². The highest BCUT2D eigenvalue weighted by molar-refractivity contribution is 5.25. The second-order valence-corrected chi connectivity index (χ2v) is 4.37. The van der Waals surface area contributed by atoms with Gasteiger partial charge in [0.1, 0.15) is 5.82 Å². The molecule has 0 aliphatic heterocycles. The topological polar surface area (TPSA) is 26.0 Å². The van der Waals surface area contributed by atoms with Crippen LogP contribution in [0.4, 0.5) is 4.39 Å². The van der Waals surface area contributed by atoms with Gasteiger partial charge in [0.05, 0.1) is 0 Å². The highest BCUT2D eigenvalue weighted by atomic mass is 19.1. The van der Waals surface area contributed by atoms with Crippen molar-refractivity contribution in [2.45, 2.75) is 26.2 Å². The first kappa shape index (κ1) is 11.2. The van der Waals surface area contributed by atoms with Gasteiger partial charge >= 0.3 is 0 Å². The van der Waals surface area contributed by atoms with Crippen molar-refractivity contribution in [1.29, 1.82) is 0 Å². The molecule has 0 saturated heterocycles. The van der Waals surface area contributed by atoms with E-state index in [1.165, 1.54) is 12.1 Å². The van der Waals surface area contributed by atoms with E-state index in [-0.39, 0.29) is 11.2 Å². The summed E-state index contributed by atoms with van der Waals surface area (Å²) < 4.78 is 12.7. The molecule has 1 aromatic rings. The van der Waals surface area contributed by atoms with Gasteiger partial charge in [-0.1, -0.05) is 32.9 Å². The zero-order chi connectivity index (χ0) is 10.8. The Bertz CT molecular complexity index is 290. The summed E-state index contributed by atoms with van der Waals surface area (Å²) in [5, 5.41) is 0. The molecule has 0 aliphatic rings. The number of hydrogen-bond acceptors (Lipinski definition) is 1. The quantitative estimate of drug-likeness (QED) is 0.788. The molecule has 2 heteroatoms. The molecule has 0 radical (unpaired) electrons. The Labute approximate surface area is 85.1 Å². The van der Waals surface area contributed by atoms with Crippen LogP contribution in [-0.2, 0) is 5.41 Å². The number of halogens is 1. The van der Waals surface area contributed by atoms with Crippen LogP contribution in [0.5, 0.6) is 0 Å². The predicted octanol–water partition coefficient (Wildman–Crippen LogP) is 2.70. The summed E-state index contributed by atoms with van der Waals surface area (Å²) >= 11 is 0. The predicted molar refractivity (Wildman–Crippen MR) is 57.6 cm³/mol. The molecular weight excluding hydrogens is 177 g/mol. The molecule has 0 heterocycles. The summed E-state index contributed by atoms with van der Waals surface area (Å²) in [5.41, 5.74) is 6.79. The Morgan fingerprint density at radius 3 is 2.21 bits per heavy atom. The fourth-order valence-electron chi connectivity index (χ4n) is 1.46. The van der Waals surface area contributed by atoms with Gasteiger partial charge in [-0.3, -0.25) is 0 Å². The normalized spacial score (nSPS) is 14.1. The van der Waals surface area contributed by atoms with Gasteiger partial charge in [-0.2, -0.15) is 0 Å². The van der Waals surface area contributed by atoms with Gasteiger partial charge in [0.15, 0.2) is 0 Å². The van der Waals surface area contributed by atoms with Gasteiger partial charge in [-0.15, -0.1) is 0 Å². The second-order valence-electron chi connectivity index (χ2n) is 4.37. The van der Waals surface area contributed by atoms with E-state index in [2.05, 4.69) is 20.8 Å². The molecule has 1 aromatic carbocycles. The second kappa shape index (κ2) is 4.09. The third kappa shape index (κ3) is 2.13.